The van der Waals surface area contributed by atoms with Gasteiger partial charge in [0.25, 0.3) is 0 Å². The highest BCUT2D eigenvalue weighted by Crippen LogP contribution is 2.20. The largest absolute Gasteiger partial charge is 0.395 e. The Morgan fingerprint density at radius 1 is 0.367 bits per heavy atom. The third-order valence-corrected chi connectivity index (χ3v) is 10.8. The zero-order valence-electron chi connectivity index (χ0n) is 34.2. The van der Waals surface area contributed by atoms with Crippen molar-refractivity contribution in [1.29, 1.82) is 0 Å². The molecule has 0 aromatic heterocycles. The average Bonchev–Trinajstić information content (AvgIpc) is 3.10. The van der Waals surface area contributed by atoms with E-state index >= 15 is 0 Å². The van der Waals surface area contributed by atoms with Gasteiger partial charge in [0.05, 0.1) is 12.7 Å². The summed E-state index contributed by atoms with van der Waals surface area (Å²) in [7, 11) is 0. The molecule has 0 aromatic rings. The fourth-order valence-electron chi connectivity index (χ4n) is 7.42. The van der Waals surface area contributed by atoms with Crippen LogP contribution in [0.4, 0.5) is 0 Å². The molecule has 4 nitrogen and oxygen atoms in total. The molecule has 0 fully saturated rings. The minimum atomic E-state index is -0.593. The number of hydrogen-bond donors (Lipinski definition) is 2. The summed E-state index contributed by atoms with van der Waals surface area (Å²) < 4.78 is 6.22. The summed E-state index contributed by atoms with van der Waals surface area (Å²) in [5, 5.41) is 20.2. The Bertz CT molecular complexity index is 572. The molecule has 296 valence electrons. The van der Waals surface area contributed by atoms with Crippen LogP contribution in [0.5, 0.6) is 0 Å². The molecule has 2 N–H and O–H groups in total. The monoisotopic (exact) mass is 696 g/mol. The van der Waals surface area contributed by atoms with Gasteiger partial charge in [0, 0.05) is 6.54 Å². The highest BCUT2D eigenvalue weighted by molar-refractivity contribution is 4.63. The van der Waals surface area contributed by atoms with Crippen LogP contribution in [0, 0.1) is 0 Å². The van der Waals surface area contributed by atoms with Crippen molar-refractivity contribution in [1.82, 2.24) is 4.90 Å². The number of unbranched alkanes of at least 4 members (excludes halogenated alkanes) is 29. The highest BCUT2D eigenvalue weighted by Gasteiger charge is 2.14. The van der Waals surface area contributed by atoms with E-state index in [9.17, 15) is 10.2 Å². The number of ether oxygens (including phenoxy) is 1. The minimum Gasteiger partial charge on any atom is -0.395 e. The molecular formula is C45H93NO3. The molecule has 0 aliphatic heterocycles. The van der Waals surface area contributed by atoms with E-state index in [1.807, 2.05) is 0 Å². The van der Waals surface area contributed by atoms with Crippen molar-refractivity contribution >= 4 is 0 Å². The predicted octanol–water partition coefficient (Wildman–Crippen LogP) is 14.1. The molecule has 49 heavy (non-hydrogen) atoms. The minimum absolute atomic E-state index is 0.235. The topological polar surface area (TPSA) is 52.9 Å². The SMILES string of the molecule is CCCCCCCCCCCCCCCCCCN(CCO)CCCCCCCC(O)OC(CCCCCCCC)CCCCCCCC. The van der Waals surface area contributed by atoms with Crippen LogP contribution in [0.3, 0.4) is 0 Å². The van der Waals surface area contributed by atoms with Gasteiger partial charge in [-0.15, -0.1) is 0 Å². The smallest absolute Gasteiger partial charge is 0.154 e. The second-order valence-electron chi connectivity index (χ2n) is 15.8. The molecule has 0 radical (unpaired) electrons. The Hall–Kier alpha value is -0.160. The molecule has 0 aromatic carbocycles. The second-order valence-corrected chi connectivity index (χ2v) is 15.8. The standard InChI is InChI=1S/C45H93NO3/c1-4-7-10-13-16-17-18-19-20-21-22-23-24-25-30-35-40-46(42-43-47)41-36-31-26-29-34-39-45(48)49-44(37-32-27-14-11-8-5-2)38-33-28-15-12-9-6-3/h44-45,47-48H,4-43H2,1-3H3. The van der Waals surface area contributed by atoms with Crippen LogP contribution >= 0.6 is 0 Å². The summed E-state index contributed by atoms with van der Waals surface area (Å²) in [5.74, 6) is 0. The molecule has 0 saturated heterocycles. The zero-order chi connectivity index (χ0) is 35.7. The number of rotatable bonds is 43. The van der Waals surface area contributed by atoms with Crippen molar-refractivity contribution < 1.29 is 14.9 Å². The number of hydrogen-bond acceptors (Lipinski definition) is 4. The Kier molecular flexibility index (Phi) is 42.1. The quantitative estimate of drug-likeness (QED) is 0.0492. The number of aliphatic hydroxyl groups excluding tert-OH is 2. The van der Waals surface area contributed by atoms with Gasteiger partial charge in [-0.05, 0) is 51.6 Å². The van der Waals surface area contributed by atoms with Gasteiger partial charge in [0.15, 0.2) is 6.29 Å². The average molecular weight is 696 g/mol. The molecule has 0 spiro atoms. The van der Waals surface area contributed by atoms with Gasteiger partial charge in [-0.3, -0.25) is 0 Å². The summed E-state index contributed by atoms with van der Waals surface area (Å²) >= 11 is 0. The Labute approximate surface area is 309 Å². The Balaban J connectivity index is 3.86. The number of nitrogens with zero attached hydrogens (tertiary/aromatic N) is 1. The molecule has 1 atom stereocenters. The van der Waals surface area contributed by atoms with Gasteiger partial charge in [0.1, 0.15) is 0 Å². The van der Waals surface area contributed by atoms with Crippen LogP contribution in [-0.4, -0.2) is 53.7 Å². The maximum atomic E-state index is 10.7. The van der Waals surface area contributed by atoms with E-state index in [1.165, 1.54) is 205 Å². The van der Waals surface area contributed by atoms with Crippen molar-refractivity contribution in [3.63, 3.8) is 0 Å². The van der Waals surface area contributed by atoms with Gasteiger partial charge < -0.3 is 19.8 Å². The van der Waals surface area contributed by atoms with Crippen LogP contribution in [0.1, 0.15) is 252 Å². The maximum Gasteiger partial charge on any atom is 0.154 e. The van der Waals surface area contributed by atoms with E-state index in [1.54, 1.807) is 0 Å². The predicted molar refractivity (Wildman–Crippen MR) is 218 cm³/mol. The first-order valence-electron chi connectivity index (χ1n) is 22.8. The van der Waals surface area contributed by atoms with E-state index in [2.05, 4.69) is 25.7 Å². The fourth-order valence-corrected chi connectivity index (χ4v) is 7.42. The lowest BCUT2D eigenvalue weighted by atomic mass is 10.0. The third kappa shape index (κ3) is 38.9. The van der Waals surface area contributed by atoms with Crippen molar-refractivity contribution in [2.45, 2.75) is 264 Å². The molecule has 4 heteroatoms. The fraction of sp³-hybridized carbons (Fsp3) is 1.00. The number of aliphatic hydroxyl groups is 2. The zero-order valence-corrected chi connectivity index (χ0v) is 34.2. The normalized spacial score (nSPS) is 12.6. The third-order valence-electron chi connectivity index (χ3n) is 10.8. The van der Waals surface area contributed by atoms with Crippen LogP contribution in [-0.2, 0) is 4.74 Å². The molecule has 0 aliphatic rings. The highest BCUT2D eigenvalue weighted by atomic mass is 16.6. The van der Waals surface area contributed by atoms with E-state index in [0.717, 1.165) is 45.3 Å². The molecule has 0 aliphatic carbocycles. The first-order valence-corrected chi connectivity index (χ1v) is 22.8. The van der Waals surface area contributed by atoms with E-state index in [4.69, 9.17) is 4.74 Å². The van der Waals surface area contributed by atoms with Crippen LogP contribution in [0.15, 0.2) is 0 Å². The lowest BCUT2D eigenvalue weighted by molar-refractivity contribution is -0.144. The molecular weight excluding hydrogens is 602 g/mol. The first kappa shape index (κ1) is 48.8. The van der Waals surface area contributed by atoms with Crippen LogP contribution < -0.4 is 0 Å². The van der Waals surface area contributed by atoms with E-state index in [0.29, 0.717) is 0 Å². The van der Waals surface area contributed by atoms with Gasteiger partial charge in [-0.1, -0.05) is 213 Å². The summed E-state index contributed by atoms with van der Waals surface area (Å²) in [4.78, 5) is 2.48. The molecule has 0 amide bonds. The molecule has 0 heterocycles. The Morgan fingerprint density at radius 3 is 0.980 bits per heavy atom. The van der Waals surface area contributed by atoms with Crippen LogP contribution in [0.25, 0.3) is 0 Å². The van der Waals surface area contributed by atoms with Crippen molar-refractivity contribution in [2.75, 3.05) is 26.2 Å². The van der Waals surface area contributed by atoms with Gasteiger partial charge in [-0.2, -0.15) is 0 Å². The van der Waals surface area contributed by atoms with E-state index < -0.39 is 6.29 Å². The maximum absolute atomic E-state index is 10.7. The molecule has 0 saturated carbocycles. The second kappa shape index (κ2) is 42.3. The lowest BCUT2D eigenvalue weighted by Gasteiger charge is -2.22. The Morgan fingerprint density at radius 2 is 0.653 bits per heavy atom. The summed E-state index contributed by atoms with van der Waals surface area (Å²) in [6.07, 6.45) is 47.0. The van der Waals surface area contributed by atoms with Crippen molar-refractivity contribution in [3.8, 4) is 0 Å². The van der Waals surface area contributed by atoms with Gasteiger partial charge in [-0.25, -0.2) is 0 Å². The van der Waals surface area contributed by atoms with Crippen molar-refractivity contribution in [3.05, 3.63) is 0 Å². The molecule has 1 unspecified atom stereocenters. The first-order chi connectivity index (χ1) is 24.2. The summed E-state index contributed by atoms with van der Waals surface area (Å²) in [6, 6.07) is 0. The molecule has 0 bridgehead atoms. The van der Waals surface area contributed by atoms with Gasteiger partial charge in [0.2, 0.25) is 0 Å². The van der Waals surface area contributed by atoms with Crippen molar-refractivity contribution in [2.24, 2.45) is 0 Å². The van der Waals surface area contributed by atoms with Gasteiger partial charge >= 0.3 is 0 Å². The van der Waals surface area contributed by atoms with E-state index in [-0.39, 0.29) is 12.7 Å². The lowest BCUT2D eigenvalue weighted by Crippen LogP contribution is -2.29. The summed E-state index contributed by atoms with van der Waals surface area (Å²) in [5.41, 5.74) is 0. The molecule has 0 rings (SSSR count). The summed E-state index contributed by atoms with van der Waals surface area (Å²) in [6.45, 7) is 10.2. The van der Waals surface area contributed by atoms with Crippen LogP contribution in [0.2, 0.25) is 0 Å².